The number of aliphatic hydroxyl groups is 1. The third-order valence-electron chi connectivity index (χ3n) is 6.33. The first kappa shape index (κ1) is 21.6. The Morgan fingerprint density at radius 3 is 2.55 bits per heavy atom. The summed E-state index contributed by atoms with van der Waals surface area (Å²) in [6.07, 6.45) is 1.68. The molecule has 4 aromatic rings. The molecule has 3 aromatic carbocycles. The van der Waals surface area contributed by atoms with Crippen LogP contribution in [0.4, 0.5) is 4.39 Å². The first-order chi connectivity index (χ1) is 16.2. The Kier molecular flexibility index (Phi) is 6.37. The highest BCUT2D eigenvalue weighted by Crippen LogP contribution is 2.30. The molecule has 1 aliphatic heterocycles. The van der Waals surface area contributed by atoms with Gasteiger partial charge in [-0.05, 0) is 73.8 Å². The molecule has 6 heteroatoms. The molecule has 1 aromatic heterocycles. The number of benzene rings is 3. The third-order valence-corrected chi connectivity index (χ3v) is 6.33. The average Bonchev–Trinajstić information content (AvgIpc) is 3.27. The lowest BCUT2D eigenvalue weighted by atomic mass is 9.89. The number of hydrogen-bond acceptors (Lipinski definition) is 5. The van der Waals surface area contributed by atoms with Gasteiger partial charge in [-0.15, -0.1) is 0 Å². The molecule has 0 amide bonds. The van der Waals surface area contributed by atoms with Crippen LogP contribution in [0.1, 0.15) is 24.3 Å². The molecule has 0 saturated carbocycles. The van der Waals surface area contributed by atoms with Gasteiger partial charge in [-0.25, -0.2) is 4.39 Å². The Labute approximate surface area is 192 Å². The molecule has 0 bridgehead atoms. The number of likely N-dealkylation sites (tertiary alicyclic amines) is 1. The van der Waals surface area contributed by atoms with E-state index in [1.807, 2.05) is 24.3 Å². The predicted molar refractivity (Wildman–Crippen MR) is 126 cm³/mol. The SMILES string of the molecule is OC(COc1ccc(-c2noc3cc(F)ccc23)cc1)CN1CCC(c2ccccc2)CC1. The highest BCUT2D eigenvalue weighted by atomic mass is 19.1. The normalized spacial score (nSPS) is 16.2. The van der Waals surface area contributed by atoms with Crippen molar-refractivity contribution < 1.29 is 18.8 Å². The molecule has 1 atom stereocenters. The Bertz CT molecular complexity index is 1190. The molecule has 1 aliphatic rings. The average molecular weight is 447 g/mol. The fourth-order valence-electron chi connectivity index (χ4n) is 4.55. The summed E-state index contributed by atoms with van der Waals surface area (Å²) in [7, 11) is 0. The van der Waals surface area contributed by atoms with Crippen LogP contribution in [-0.4, -0.2) is 47.5 Å². The number of hydrogen-bond donors (Lipinski definition) is 1. The van der Waals surface area contributed by atoms with E-state index in [1.165, 1.54) is 17.7 Å². The van der Waals surface area contributed by atoms with Crippen LogP contribution in [0.15, 0.2) is 77.3 Å². The van der Waals surface area contributed by atoms with Gasteiger partial charge in [-0.1, -0.05) is 35.5 Å². The minimum absolute atomic E-state index is 0.240. The Hall–Kier alpha value is -3.22. The summed E-state index contributed by atoms with van der Waals surface area (Å²) in [5, 5.41) is 15.3. The number of halogens is 1. The standard InChI is InChI=1S/C27H27FN2O3/c28-22-8-11-25-26(16-22)33-29-27(25)21-6-9-24(10-7-21)32-18-23(31)17-30-14-12-20(13-15-30)19-4-2-1-3-5-19/h1-11,16,20,23,31H,12-15,17-18H2. The second-order valence-corrected chi connectivity index (χ2v) is 8.65. The van der Waals surface area contributed by atoms with E-state index in [0.29, 0.717) is 29.5 Å². The molecule has 1 fully saturated rings. The number of nitrogens with zero attached hydrogens (tertiary/aromatic N) is 2. The van der Waals surface area contributed by atoms with Gasteiger partial charge in [0.05, 0.1) is 0 Å². The number of ether oxygens (including phenoxy) is 1. The van der Waals surface area contributed by atoms with Gasteiger partial charge < -0.3 is 19.3 Å². The van der Waals surface area contributed by atoms with Crippen molar-refractivity contribution in [3.05, 3.63) is 84.2 Å². The molecule has 0 aliphatic carbocycles. The number of β-amino-alcohol motifs (C(OH)–C–C–N with tert-alkyl or cyclic N) is 1. The van der Waals surface area contributed by atoms with Crippen molar-refractivity contribution in [2.75, 3.05) is 26.2 Å². The summed E-state index contributed by atoms with van der Waals surface area (Å²) in [6.45, 7) is 2.83. The van der Waals surface area contributed by atoms with Crippen molar-refractivity contribution in [3.8, 4) is 17.0 Å². The maximum Gasteiger partial charge on any atom is 0.170 e. The Balaban J connectivity index is 1.11. The molecule has 5 rings (SSSR count). The number of fused-ring (bicyclic) bond motifs is 1. The summed E-state index contributed by atoms with van der Waals surface area (Å²) in [5.41, 5.74) is 3.35. The van der Waals surface area contributed by atoms with E-state index in [2.05, 4.69) is 40.4 Å². The van der Waals surface area contributed by atoms with E-state index >= 15 is 0 Å². The molecule has 0 radical (unpaired) electrons. The third kappa shape index (κ3) is 5.07. The molecule has 2 heterocycles. The Morgan fingerprint density at radius 2 is 1.79 bits per heavy atom. The molecule has 1 saturated heterocycles. The number of rotatable bonds is 7. The number of aromatic nitrogens is 1. The highest BCUT2D eigenvalue weighted by Gasteiger charge is 2.22. The van der Waals surface area contributed by atoms with Crippen LogP contribution in [0.5, 0.6) is 5.75 Å². The van der Waals surface area contributed by atoms with E-state index in [-0.39, 0.29) is 12.4 Å². The van der Waals surface area contributed by atoms with E-state index in [9.17, 15) is 9.50 Å². The maximum absolute atomic E-state index is 13.4. The maximum atomic E-state index is 13.4. The largest absolute Gasteiger partial charge is 0.491 e. The number of aliphatic hydroxyl groups excluding tert-OH is 1. The van der Waals surface area contributed by atoms with Crippen LogP contribution in [0, 0.1) is 5.82 Å². The van der Waals surface area contributed by atoms with Gasteiger partial charge in [-0.3, -0.25) is 0 Å². The molecule has 5 nitrogen and oxygen atoms in total. The molecular formula is C27H27FN2O3. The zero-order valence-corrected chi connectivity index (χ0v) is 18.4. The van der Waals surface area contributed by atoms with Crippen molar-refractivity contribution in [2.45, 2.75) is 24.9 Å². The monoisotopic (exact) mass is 446 g/mol. The summed E-state index contributed by atoms with van der Waals surface area (Å²) in [4.78, 5) is 2.31. The number of piperidine rings is 1. The van der Waals surface area contributed by atoms with Gasteiger partial charge in [0.25, 0.3) is 0 Å². The van der Waals surface area contributed by atoms with Gasteiger partial charge in [0.2, 0.25) is 0 Å². The highest BCUT2D eigenvalue weighted by molar-refractivity contribution is 5.91. The lowest BCUT2D eigenvalue weighted by molar-refractivity contribution is 0.0594. The quantitative estimate of drug-likeness (QED) is 0.420. The minimum atomic E-state index is -0.549. The zero-order chi connectivity index (χ0) is 22.6. The first-order valence-electron chi connectivity index (χ1n) is 11.4. The van der Waals surface area contributed by atoms with Gasteiger partial charge >= 0.3 is 0 Å². The molecular weight excluding hydrogens is 419 g/mol. The van der Waals surface area contributed by atoms with Crippen LogP contribution in [0.25, 0.3) is 22.2 Å². The minimum Gasteiger partial charge on any atom is -0.491 e. The topological polar surface area (TPSA) is 58.7 Å². The van der Waals surface area contributed by atoms with Crippen LogP contribution < -0.4 is 4.74 Å². The van der Waals surface area contributed by atoms with Crippen LogP contribution >= 0.6 is 0 Å². The smallest absolute Gasteiger partial charge is 0.170 e. The van der Waals surface area contributed by atoms with Crippen LogP contribution in [0.3, 0.4) is 0 Å². The lowest BCUT2D eigenvalue weighted by Crippen LogP contribution is -2.40. The molecule has 1 unspecified atom stereocenters. The molecule has 33 heavy (non-hydrogen) atoms. The van der Waals surface area contributed by atoms with E-state index in [1.54, 1.807) is 6.07 Å². The van der Waals surface area contributed by atoms with Gasteiger partial charge in [0.1, 0.15) is 30.0 Å². The van der Waals surface area contributed by atoms with Crippen LogP contribution in [0.2, 0.25) is 0 Å². The fourth-order valence-corrected chi connectivity index (χ4v) is 4.55. The van der Waals surface area contributed by atoms with Gasteiger partial charge in [0, 0.05) is 23.6 Å². The lowest BCUT2D eigenvalue weighted by Gasteiger charge is -2.33. The molecule has 0 spiro atoms. The zero-order valence-electron chi connectivity index (χ0n) is 18.4. The van der Waals surface area contributed by atoms with Crippen molar-refractivity contribution in [1.29, 1.82) is 0 Å². The molecule has 1 N–H and O–H groups in total. The van der Waals surface area contributed by atoms with Crippen molar-refractivity contribution in [1.82, 2.24) is 10.1 Å². The fraction of sp³-hybridized carbons (Fsp3) is 0.296. The second-order valence-electron chi connectivity index (χ2n) is 8.65. The van der Waals surface area contributed by atoms with Gasteiger partial charge in [-0.2, -0.15) is 0 Å². The van der Waals surface area contributed by atoms with E-state index in [0.717, 1.165) is 36.9 Å². The summed E-state index contributed by atoms with van der Waals surface area (Å²) >= 11 is 0. The first-order valence-corrected chi connectivity index (χ1v) is 11.4. The summed E-state index contributed by atoms with van der Waals surface area (Å²) in [5.74, 6) is 0.933. The van der Waals surface area contributed by atoms with Crippen molar-refractivity contribution in [2.24, 2.45) is 0 Å². The van der Waals surface area contributed by atoms with E-state index < -0.39 is 6.10 Å². The van der Waals surface area contributed by atoms with Crippen molar-refractivity contribution >= 4 is 11.0 Å². The van der Waals surface area contributed by atoms with Gasteiger partial charge in [0.15, 0.2) is 5.58 Å². The van der Waals surface area contributed by atoms with E-state index in [4.69, 9.17) is 9.26 Å². The van der Waals surface area contributed by atoms with Crippen molar-refractivity contribution in [3.63, 3.8) is 0 Å². The molecule has 170 valence electrons. The summed E-state index contributed by atoms with van der Waals surface area (Å²) in [6, 6.07) is 22.5. The summed E-state index contributed by atoms with van der Waals surface area (Å²) < 4.78 is 24.4. The predicted octanol–water partition coefficient (Wildman–Crippen LogP) is 5.25. The van der Waals surface area contributed by atoms with Crippen LogP contribution in [-0.2, 0) is 0 Å². The Morgan fingerprint density at radius 1 is 1.03 bits per heavy atom. The second kappa shape index (κ2) is 9.73.